The van der Waals surface area contributed by atoms with Crippen molar-refractivity contribution < 1.29 is 22.3 Å². The van der Waals surface area contributed by atoms with Crippen molar-refractivity contribution in [2.75, 3.05) is 25.2 Å². The lowest BCUT2D eigenvalue weighted by molar-refractivity contribution is -0.116. The van der Waals surface area contributed by atoms with Crippen LogP contribution in [-0.2, 0) is 21.4 Å². The average molecular weight is 366 g/mol. The van der Waals surface area contributed by atoms with Gasteiger partial charge in [-0.15, -0.1) is 0 Å². The third-order valence-electron chi connectivity index (χ3n) is 3.43. The number of anilines is 1. The maximum atomic E-state index is 12.9. The van der Waals surface area contributed by atoms with Crippen molar-refractivity contribution in [3.05, 3.63) is 59.9 Å². The van der Waals surface area contributed by atoms with E-state index in [0.717, 1.165) is 16.1 Å². The number of sulfonamides is 1. The average Bonchev–Trinajstić information content (AvgIpc) is 2.56. The summed E-state index contributed by atoms with van der Waals surface area (Å²) in [5, 5.41) is 2.54. The molecule has 0 aliphatic carbocycles. The quantitative estimate of drug-likeness (QED) is 0.815. The van der Waals surface area contributed by atoms with Gasteiger partial charge >= 0.3 is 0 Å². The maximum absolute atomic E-state index is 12.9. The van der Waals surface area contributed by atoms with E-state index in [1.165, 1.54) is 31.4 Å². The van der Waals surface area contributed by atoms with Crippen LogP contribution in [0.5, 0.6) is 5.75 Å². The van der Waals surface area contributed by atoms with Gasteiger partial charge in [0.1, 0.15) is 11.6 Å². The van der Waals surface area contributed by atoms with Gasteiger partial charge in [0.2, 0.25) is 15.9 Å². The summed E-state index contributed by atoms with van der Waals surface area (Å²) in [4.78, 5) is 12.1. The predicted molar refractivity (Wildman–Crippen MR) is 93.3 cm³/mol. The van der Waals surface area contributed by atoms with Gasteiger partial charge in [-0.05, 0) is 42.0 Å². The fraction of sp³-hybridized carbons (Fsp3) is 0.235. The Kier molecular flexibility index (Phi) is 6.11. The van der Waals surface area contributed by atoms with Crippen LogP contribution >= 0.6 is 0 Å². The molecule has 6 nitrogen and oxygen atoms in total. The molecule has 0 heterocycles. The molecule has 0 spiro atoms. The number of methoxy groups -OCH3 is 1. The second-order valence-corrected chi connectivity index (χ2v) is 7.42. The lowest BCUT2D eigenvalue weighted by Crippen LogP contribution is -2.36. The number of amides is 1. The predicted octanol–water partition coefficient (Wildman–Crippen LogP) is 2.23. The molecule has 0 aliphatic heterocycles. The number of carbonyl (C=O) groups excluding carboxylic acids is 1. The van der Waals surface area contributed by atoms with Crippen LogP contribution < -0.4 is 10.1 Å². The van der Waals surface area contributed by atoms with Gasteiger partial charge in [-0.25, -0.2) is 12.8 Å². The van der Waals surface area contributed by atoms with E-state index >= 15 is 0 Å². The zero-order valence-electron chi connectivity index (χ0n) is 13.9. The number of rotatable bonds is 7. The molecular weight excluding hydrogens is 347 g/mol. The van der Waals surface area contributed by atoms with E-state index < -0.39 is 21.7 Å². The number of hydrogen-bond donors (Lipinski definition) is 1. The van der Waals surface area contributed by atoms with Crippen LogP contribution in [-0.4, -0.2) is 38.5 Å². The van der Waals surface area contributed by atoms with Gasteiger partial charge in [0.05, 0.1) is 19.9 Å². The highest BCUT2D eigenvalue weighted by molar-refractivity contribution is 7.88. The van der Waals surface area contributed by atoms with E-state index in [0.29, 0.717) is 11.4 Å². The van der Waals surface area contributed by atoms with Gasteiger partial charge in [0, 0.05) is 12.2 Å². The van der Waals surface area contributed by atoms with Gasteiger partial charge in [0.15, 0.2) is 0 Å². The van der Waals surface area contributed by atoms with Crippen LogP contribution in [0.4, 0.5) is 10.1 Å². The van der Waals surface area contributed by atoms with E-state index in [1.54, 1.807) is 24.3 Å². The number of nitrogens with one attached hydrogen (secondary N) is 1. The topological polar surface area (TPSA) is 75.7 Å². The molecule has 2 rings (SSSR count). The highest BCUT2D eigenvalue weighted by Crippen LogP contribution is 2.15. The summed E-state index contributed by atoms with van der Waals surface area (Å²) in [6.45, 7) is -0.290. The van der Waals surface area contributed by atoms with E-state index in [9.17, 15) is 17.6 Å². The molecule has 0 saturated carbocycles. The molecule has 0 bridgehead atoms. The second-order valence-electron chi connectivity index (χ2n) is 5.43. The molecule has 8 heteroatoms. The summed E-state index contributed by atoms with van der Waals surface area (Å²) in [5.41, 5.74) is 1.12. The minimum atomic E-state index is -3.59. The van der Waals surface area contributed by atoms with Crippen LogP contribution in [0.2, 0.25) is 0 Å². The molecule has 0 radical (unpaired) electrons. The molecule has 0 aromatic heterocycles. The van der Waals surface area contributed by atoms with Crippen molar-refractivity contribution >= 4 is 21.6 Å². The number of carbonyl (C=O) groups is 1. The normalized spacial score (nSPS) is 11.4. The maximum Gasteiger partial charge on any atom is 0.239 e. The molecule has 0 atom stereocenters. The Morgan fingerprint density at radius 2 is 1.72 bits per heavy atom. The van der Waals surface area contributed by atoms with E-state index in [-0.39, 0.29) is 13.1 Å². The smallest absolute Gasteiger partial charge is 0.239 e. The van der Waals surface area contributed by atoms with Crippen molar-refractivity contribution in [3.63, 3.8) is 0 Å². The van der Waals surface area contributed by atoms with E-state index in [1.807, 2.05) is 0 Å². The third kappa shape index (κ3) is 5.84. The fourth-order valence-corrected chi connectivity index (χ4v) is 2.85. The van der Waals surface area contributed by atoms with Crippen molar-refractivity contribution in [2.24, 2.45) is 0 Å². The molecule has 2 aromatic carbocycles. The standard InChI is InChI=1S/C17H19FN2O4S/c1-24-16-9-3-13(4-10-16)11-20(25(2,22)23)12-17(21)19-15-7-5-14(18)6-8-15/h3-10H,11-12H2,1-2H3,(H,19,21). The monoisotopic (exact) mass is 366 g/mol. The summed E-state index contributed by atoms with van der Waals surface area (Å²) in [6, 6.07) is 12.1. The number of nitrogens with zero attached hydrogens (tertiary/aromatic N) is 1. The molecule has 1 N–H and O–H groups in total. The lowest BCUT2D eigenvalue weighted by atomic mass is 10.2. The Balaban J connectivity index is 2.06. The van der Waals surface area contributed by atoms with E-state index in [4.69, 9.17) is 4.74 Å². The van der Waals surface area contributed by atoms with Crippen molar-refractivity contribution in [3.8, 4) is 5.75 Å². The van der Waals surface area contributed by atoms with Crippen LogP contribution in [0.25, 0.3) is 0 Å². The lowest BCUT2D eigenvalue weighted by Gasteiger charge is -2.19. The fourth-order valence-electron chi connectivity index (χ4n) is 2.12. The van der Waals surface area contributed by atoms with Crippen LogP contribution in [0.15, 0.2) is 48.5 Å². The molecular formula is C17H19FN2O4S. The third-order valence-corrected chi connectivity index (χ3v) is 4.63. The van der Waals surface area contributed by atoms with Crippen molar-refractivity contribution in [2.45, 2.75) is 6.54 Å². The highest BCUT2D eigenvalue weighted by Gasteiger charge is 2.20. The minimum absolute atomic E-state index is 0.0552. The van der Waals surface area contributed by atoms with Gasteiger partial charge < -0.3 is 10.1 Å². The molecule has 0 saturated heterocycles. The first-order valence-electron chi connectivity index (χ1n) is 7.41. The number of ether oxygens (including phenoxy) is 1. The summed E-state index contributed by atoms with van der Waals surface area (Å²) in [5.74, 6) is -0.274. The van der Waals surface area contributed by atoms with Gasteiger partial charge in [-0.2, -0.15) is 4.31 Å². The Morgan fingerprint density at radius 1 is 1.12 bits per heavy atom. The largest absolute Gasteiger partial charge is 0.497 e. The van der Waals surface area contributed by atoms with Crippen LogP contribution in [0.3, 0.4) is 0 Å². The molecule has 1 amide bonds. The first-order chi connectivity index (χ1) is 11.8. The minimum Gasteiger partial charge on any atom is -0.497 e. The van der Waals surface area contributed by atoms with Gasteiger partial charge in [-0.1, -0.05) is 12.1 Å². The molecule has 2 aromatic rings. The second kappa shape index (κ2) is 8.09. The molecule has 0 unspecified atom stereocenters. The molecule has 0 aliphatic rings. The summed E-state index contributed by atoms with van der Waals surface area (Å²) < 4.78 is 42.9. The first kappa shape index (κ1) is 18.9. The van der Waals surface area contributed by atoms with E-state index in [2.05, 4.69) is 5.32 Å². The molecule has 134 valence electrons. The number of halogens is 1. The zero-order valence-corrected chi connectivity index (χ0v) is 14.7. The summed E-state index contributed by atoms with van der Waals surface area (Å²) in [6.07, 6.45) is 1.04. The van der Waals surface area contributed by atoms with Crippen molar-refractivity contribution in [1.82, 2.24) is 4.31 Å². The summed E-state index contributed by atoms with van der Waals surface area (Å²) >= 11 is 0. The first-order valence-corrected chi connectivity index (χ1v) is 9.26. The number of hydrogen-bond acceptors (Lipinski definition) is 4. The van der Waals surface area contributed by atoms with Crippen molar-refractivity contribution in [1.29, 1.82) is 0 Å². The van der Waals surface area contributed by atoms with Gasteiger partial charge in [0.25, 0.3) is 0 Å². The molecule has 0 fully saturated rings. The highest BCUT2D eigenvalue weighted by atomic mass is 32.2. The Morgan fingerprint density at radius 3 is 2.24 bits per heavy atom. The van der Waals surface area contributed by atoms with Crippen LogP contribution in [0, 0.1) is 5.82 Å². The SMILES string of the molecule is COc1ccc(CN(CC(=O)Nc2ccc(F)cc2)S(C)(=O)=O)cc1. The Hall–Kier alpha value is -2.45. The van der Waals surface area contributed by atoms with Crippen LogP contribution in [0.1, 0.15) is 5.56 Å². The Bertz CT molecular complexity index is 821. The Labute approximate surface area is 146 Å². The molecule has 25 heavy (non-hydrogen) atoms. The zero-order chi connectivity index (χ0) is 18.4. The summed E-state index contributed by atoms with van der Waals surface area (Å²) in [7, 11) is -2.05. The number of benzene rings is 2. The van der Waals surface area contributed by atoms with Gasteiger partial charge in [-0.3, -0.25) is 4.79 Å².